The van der Waals surface area contributed by atoms with Gasteiger partial charge in [0.1, 0.15) is 0 Å². The molecule has 1 heterocycles. The van der Waals surface area contributed by atoms with Gasteiger partial charge in [0.05, 0.1) is 27.4 Å². The summed E-state index contributed by atoms with van der Waals surface area (Å²) in [6, 6.07) is 16.9. The number of hydrogen-bond acceptors (Lipinski definition) is 5. The maximum atomic E-state index is 13.0. The summed E-state index contributed by atoms with van der Waals surface area (Å²) >= 11 is 1.60. The van der Waals surface area contributed by atoms with Gasteiger partial charge >= 0.3 is 0 Å². The number of thiophene rings is 1. The van der Waals surface area contributed by atoms with Gasteiger partial charge in [0.2, 0.25) is 5.75 Å². The molecule has 6 heteroatoms. The van der Waals surface area contributed by atoms with Gasteiger partial charge in [0.25, 0.3) is 5.91 Å². The molecule has 1 aromatic heterocycles. The lowest BCUT2D eigenvalue weighted by Gasteiger charge is -2.19. The SMILES string of the molecule is COc1cc(C(=O)N[C@@H](c2ccccc2)c2cccs2)cc(OC)c1OC. The Bertz CT molecular complexity index is 869. The molecule has 27 heavy (non-hydrogen) atoms. The minimum Gasteiger partial charge on any atom is -0.493 e. The first-order valence-electron chi connectivity index (χ1n) is 8.37. The Kier molecular flexibility index (Phi) is 5.98. The fourth-order valence-electron chi connectivity index (χ4n) is 2.85. The Labute approximate surface area is 162 Å². The highest BCUT2D eigenvalue weighted by Crippen LogP contribution is 2.38. The zero-order chi connectivity index (χ0) is 19.2. The third-order valence-corrected chi connectivity index (χ3v) is 5.10. The van der Waals surface area contributed by atoms with Crippen molar-refractivity contribution < 1.29 is 19.0 Å². The lowest BCUT2D eigenvalue weighted by atomic mass is 10.0. The average molecular weight is 383 g/mol. The van der Waals surface area contributed by atoms with Gasteiger partial charge in [0, 0.05) is 10.4 Å². The molecule has 0 unspecified atom stereocenters. The van der Waals surface area contributed by atoms with Gasteiger partial charge in [-0.3, -0.25) is 4.79 Å². The first kappa shape index (κ1) is 18.8. The van der Waals surface area contributed by atoms with Crippen LogP contribution in [0.15, 0.2) is 60.0 Å². The van der Waals surface area contributed by atoms with Crippen LogP contribution in [0, 0.1) is 0 Å². The zero-order valence-electron chi connectivity index (χ0n) is 15.4. The lowest BCUT2D eigenvalue weighted by molar-refractivity contribution is 0.0942. The number of carbonyl (C=O) groups excluding carboxylic acids is 1. The summed E-state index contributed by atoms with van der Waals surface area (Å²) in [6.45, 7) is 0. The normalized spacial score (nSPS) is 11.5. The zero-order valence-corrected chi connectivity index (χ0v) is 16.2. The van der Waals surface area contributed by atoms with E-state index in [9.17, 15) is 4.79 Å². The van der Waals surface area contributed by atoms with Crippen molar-refractivity contribution in [3.63, 3.8) is 0 Å². The molecule has 140 valence electrons. The first-order valence-corrected chi connectivity index (χ1v) is 9.25. The van der Waals surface area contributed by atoms with Crippen LogP contribution in [0.2, 0.25) is 0 Å². The number of benzene rings is 2. The molecule has 0 saturated heterocycles. The summed E-state index contributed by atoms with van der Waals surface area (Å²) in [4.78, 5) is 14.1. The largest absolute Gasteiger partial charge is 0.493 e. The number of ether oxygens (including phenoxy) is 3. The van der Waals surface area contributed by atoms with Crippen molar-refractivity contribution in [3.05, 3.63) is 76.0 Å². The van der Waals surface area contributed by atoms with Gasteiger partial charge in [-0.25, -0.2) is 0 Å². The molecule has 1 amide bonds. The molecule has 3 aromatic rings. The Balaban J connectivity index is 1.95. The second kappa shape index (κ2) is 8.60. The first-order chi connectivity index (χ1) is 13.2. The van der Waals surface area contributed by atoms with Crippen molar-refractivity contribution in [2.75, 3.05) is 21.3 Å². The van der Waals surface area contributed by atoms with Gasteiger partial charge in [-0.15, -0.1) is 11.3 Å². The number of carbonyl (C=O) groups is 1. The van der Waals surface area contributed by atoms with E-state index < -0.39 is 0 Å². The highest BCUT2D eigenvalue weighted by Gasteiger charge is 2.21. The molecule has 0 aliphatic heterocycles. The lowest BCUT2D eigenvalue weighted by Crippen LogP contribution is -2.28. The summed E-state index contributed by atoms with van der Waals surface area (Å²) in [7, 11) is 4.58. The van der Waals surface area contributed by atoms with E-state index in [1.807, 2.05) is 47.8 Å². The topological polar surface area (TPSA) is 56.8 Å². The van der Waals surface area contributed by atoms with Crippen molar-refractivity contribution in [1.29, 1.82) is 0 Å². The second-order valence-corrected chi connectivity index (χ2v) is 6.73. The number of amides is 1. The Morgan fingerprint density at radius 2 is 1.59 bits per heavy atom. The summed E-state index contributed by atoms with van der Waals surface area (Å²) < 4.78 is 16.0. The molecule has 3 rings (SSSR count). The minimum atomic E-state index is -0.238. The molecule has 1 atom stereocenters. The molecule has 1 N–H and O–H groups in total. The van der Waals surface area contributed by atoms with Crippen molar-refractivity contribution in [3.8, 4) is 17.2 Å². The smallest absolute Gasteiger partial charge is 0.252 e. The van der Waals surface area contributed by atoms with Crippen LogP contribution in [-0.2, 0) is 0 Å². The van der Waals surface area contributed by atoms with E-state index in [1.165, 1.54) is 21.3 Å². The third-order valence-electron chi connectivity index (χ3n) is 4.16. The summed E-state index contributed by atoms with van der Waals surface area (Å²) in [5.74, 6) is 1.11. The quantitative estimate of drug-likeness (QED) is 0.661. The standard InChI is InChI=1S/C21H21NO4S/c1-24-16-12-15(13-17(25-2)20(16)26-3)21(23)22-19(18-10-7-11-27-18)14-8-5-4-6-9-14/h4-13,19H,1-3H3,(H,22,23)/t19-/m0/s1. The van der Waals surface area contributed by atoms with E-state index in [-0.39, 0.29) is 11.9 Å². The number of nitrogens with one attached hydrogen (secondary N) is 1. The predicted octanol–water partition coefficient (Wildman–Crippen LogP) is 4.29. The molecule has 0 aliphatic carbocycles. The van der Waals surface area contributed by atoms with Crippen molar-refractivity contribution >= 4 is 17.2 Å². The molecule has 2 aromatic carbocycles. The molecule has 0 saturated carbocycles. The van der Waals surface area contributed by atoms with Gasteiger partial charge < -0.3 is 19.5 Å². The summed E-state index contributed by atoms with van der Waals surface area (Å²) in [6.07, 6.45) is 0. The molecule has 0 radical (unpaired) electrons. The fourth-order valence-corrected chi connectivity index (χ4v) is 3.65. The van der Waals surface area contributed by atoms with Crippen LogP contribution in [0.5, 0.6) is 17.2 Å². The van der Waals surface area contributed by atoms with Gasteiger partial charge in [-0.05, 0) is 29.1 Å². The Morgan fingerprint density at radius 1 is 0.926 bits per heavy atom. The minimum absolute atomic E-state index is 0.225. The number of hydrogen-bond donors (Lipinski definition) is 1. The van der Waals surface area contributed by atoms with E-state index in [0.717, 1.165) is 10.4 Å². The van der Waals surface area contributed by atoms with Crippen molar-refractivity contribution in [1.82, 2.24) is 5.32 Å². The van der Waals surface area contributed by atoms with E-state index in [4.69, 9.17) is 14.2 Å². The molecular weight excluding hydrogens is 362 g/mol. The van der Waals surface area contributed by atoms with Gasteiger partial charge in [-0.2, -0.15) is 0 Å². The maximum Gasteiger partial charge on any atom is 0.252 e. The van der Waals surface area contributed by atoms with Gasteiger partial charge in [0.15, 0.2) is 11.5 Å². The molecule has 0 aliphatic rings. The monoisotopic (exact) mass is 383 g/mol. The van der Waals surface area contributed by atoms with Crippen LogP contribution in [0.3, 0.4) is 0 Å². The fraction of sp³-hybridized carbons (Fsp3) is 0.190. The molecule has 0 fully saturated rings. The van der Waals surface area contributed by atoms with E-state index in [0.29, 0.717) is 22.8 Å². The maximum absolute atomic E-state index is 13.0. The van der Waals surface area contributed by atoms with E-state index in [2.05, 4.69) is 5.32 Å². The second-order valence-electron chi connectivity index (χ2n) is 5.75. The average Bonchev–Trinajstić information content (AvgIpc) is 3.25. The van der Waals surface area contributed by atoms with Crippen LogP contribution in [0.25, 0.3) is 0 Å². The molecule has 5 nitrogen and oxygen atoms in total. The van der Waals surface area contributed by atoms with Crippen LogP contribution in [0.1, 0.15) is 26.8 Å². The van der Waals surface area contributed by atoms with Crippen molar-refractivity contribution in [2.24, 2.45) is 0 Å². The third kappa shape index (κ3) is 4.06. The number of methoxy groups -OCH3 is 3. The van der Waals surface area contributed by atoms with Crippen LogP contribution in [0.4, 0.5) is 0 Å². The van der Waals surface area contributed by atoms with Crippen LogP contribution >= 0.6 is 11.3 Å². The highest BCUT2D eigenvalue weighted by atomic mass is 32.1. The van der Waals surface area contributed by atoms with Crippen LogP contribution in [-0.4, -0.2) is 27.2 Å². The van der Waals surface area contributed by atoms with E-state index >= 15 is 0 Å². The Hall–Kier alpha value is -2.99. The van der Waals surface area contributed by atoms with E-state index in [1.54, 1.807) is 23.5 Å². The summed E-state index contributed by atoms with van der Waals surface area (Å²) in [5.41, 5.74) is 1.45. The molecular formula is C21H21NO4S. The van der Waals surface area contributed by atoms with Crippen LogP contribution < -0.4 is 19.5 Å². The highest BCUT2D eigenvalue weighted by molar-refractivity contribution is 7.10. The number of rotatable bonds is 7. The Morgan fingerprint density at radius 3 is 2.11 bits per heavy atom. The van der Waals surface area contributed by atoms with Gasteiger partial charge in [-0.1, -0.05) is 36.4 Å². The molecule has 0 bridgehead atoms. The predicted molar refractivity (Wildman–Crippen MR) is 106 cm³/mol. The summed E-state index contributed by atoms with van der Waals surface area (Å²) in [5, 5.41) is 5.11. The molecule has 0 spiro atoms. The van der Waals surface area contributed by atoms with Crippen molar-refractivity contribution in [2.45, 2.75) is 6.04 Å².